The Morgan fingerprint density at radius 3 is 2.58 bits per heavy atom. The van der Waals surface area contributed by atoms with Crippen molar-refractivity contribution in [2.24, 2.45) is 5.92 Å². The topological polar surface area (TPSA) is 73.5 Å². The Hall–Kier alpha value is -1.30. The fourth-order valence-electron chi connectivity index (χ4n) is 4.17. The molecule has 6 nitrogen and oxygen atoms in total. The molecule has 150 valence electrons. The van der Waals surface area contributed by atoms with Crippen LogP contribution in [0.1, 0.15) is 70.6 Å². The van der Waals surface area contributed by atoms with Crippen LogP contribution in [-0.4, -0.2) is 56.1 Å². The number of hydrogen-bond donors (Lipinski definition) is 3. The van der Waals surface area contributed by atoms with Crippen LogP contribution in [0.5, 0.6) is 0 Å². The molecule has 2 rings (SSSR count). The summed E-state index contributed by atoms with van der Waals surface area (Å²) in [6.07, 6.45) is 11.8. The van der Waals surface area contributed by atoms with E-state index in [-0.39, 0.29) is 6.03 Å². The first-order chi connectivity index (χ1) is 12.7. The second-order valence-corrected chi connectivity index (χ2v) is 7.95. The van der Waals surface area contributed by atoms with E-state index in [0.717, 1.165) is 58.2 Å². The molecule has 0 aromatic carbocycles. The van der Waals surface area contributed by atoms with Crippen LogP contribution >= 0.6 is 0 Å². The van der Waals surface area contributed by atoms with Crippen LogP contribution in [0.2, 0.25) is 0 Å². The molecule has 1 saturated heterocycles. The quantitative estimate of drug-likeness (QED) is 0.549. The number of piperidine rings is 1. The van der Waals surface area contributed by atoms with E-state index in [4.69, 9.17) is 0 Å². The number of carbonyl (C=O) groups excluding carboxylic acids is 2. The van der Waals surface area contributed by atoms with Crippen molar-refractivity contribution in [2.75, 3.05) is 33.2 Å². The Morgan fingerprint density at radius 1 is 1.00 bits per heavy atom. The zero-order chi connectivity index (χ0) is 18.6. The number of likely N-dealkylation sites (tertiary alicyclic amines) is 1. The highest BCUT2D eigenvalue weighted by molar-refractivity contribution is 5.76. The predicted molar refractivity (Wildman–Crippen MR) is 105 cm³/mol. The standard InChI is InChI=1S/C20H38N4O2/c1-21-15-17-9-8-14-24(16-17)19(25)12-6-3-7-13-22-20(26)23-18-10-4-2-5-11-18/h17-18,21H,2-16H2,1H3,(H2,22,23,26). The van der Waals surface area contributed by atoms with Crippen LogP contribution in [0.15, 0.2) is 0 Å². The zero-order valence-corrected chi connectivity index (χ0v) is 16.5. The maximum absolute atomic E-state index is 12.3. The third kappa shape index (κ3) is 7.94. The zero-order valence-electron chi connectivity index (χ0n) is 16.5. The lowest BCUT2D eigenvalue weighted by Crippen LogP contribution is -2.43. The maximum Gasteiger partial charge on any atom is 0.315 e. The van der Waals surface area contributed by atoms with E-state index in [1.807, 2.05) is 11.9 Å². The summed E-state index contributed by atoms with van der Waals surface area (Å²) in [5, 5.41) is 9.24. The molecule has 3 N–H and O–H groups in total. The number of carbonyl (C=O) groups is 2. The summed E-state index contributed by atoms with van der Waals surface area (Å²) in [7, 11) is 1.98. The van der Waals surface area contributed by atoms with Crippen molar-refractivity contribution in [3.05, 3.63) is 0 Å². The SMILES string of the molecule is CNCC1CCCN(C(=O)CCCCCNC(=O)NC2CCCCC2)C1. The van der Waals surface area contributed by atoms with E-state index < -0.39 is 0 Å². The minimum absolute atomic E-state index is 0.0307. The van der Waals surface area contributed by atoms with Gasteiger partial charge < -0.3 is 20.9 Å². The van der Waals surface area contributed by atoms with Gasteiger partial charge in [-0.25, -0.2) is 4.79 Å². The number of unbranched alkanes of at least 4 members (excludes halogenated alkanes) is 2. The number of nitrogens with zero attached hydrogens (tertiary/aromatic N) is 1. The summed E-state index contributed by atoms with van der Waals surface area (Å²) in [6.45, 7) is 3.52. The highest BCUT2D eigenvalue weighted by Crippen LogP contribution is 2.18. The highest BCUT2D eigenvalue weighted by Gasteiger charge is 2.22. The van der Waals surface area contributed by atoms with Crippen molar-refractivity contribution >= 4 is 11.9 Å². The Bertz CT molecular complexity index is 422. The molecule has 0 spiro atoms. The number of hydrogen-bond acceptors (Lipinski definition) is 3. The van der Waals surface area contributed by atoms with Crippen LogP contribution in [0.4, 0.5) is 4.79 Å². The van der Waals surface area contributed by atoms with Crippen molar-refractivity contribution in [3.8, 4) is 0 Å². The molecule has 1 heterocycles. The molecule has 0 aromatic rings. The Balaban J connectivity index is 1.48. The molecule has 1 unspecified atom stereocenters. The van der Waals surface area contributed by atoms with Gasteiger partial charge in [-0.3, -0.25) is 4.79 Å². The summed E-state index contributed by atoms with van der Waals surface area (Å²) in [5.74, 6) is 0.901. The third-order valence-electron chi connectivity index (χ3n) is 5.66. The molecule has 0 bridgehead atoms. The Morgan fingerprint density at radius 2 is 1.81 bits per heavy atom. The van der Waals surface area contributed by atoms with E-state index in [1.54, 1.807) is 0 Å². The monoisotopic (exact) mass is 366 g/mol. The Labute approximate surface area is 158 Å². The molecular formula is C20H38N4O2. The Kier molecular flexibility index (Phi) is 9.82. The van der Waals surface area contributed by atoms with Gasteiger partial charge in [0, 0.05) is 32.1 Å². The fraction of sp³-hybridized carbons (Fsp3) is 0.900. The molecule has 2 fully saturated rings. The maximum atomic E-state index is 12.3. The molecule has 0 aromatic heterocycles. The summed E-state index contributed by atoms with van der Waals surface area (Å²) in [5.41, 5.74) is 0. The van der Waals surface area contributed by atoms with Gasteiger partial charge in [-0.2, -0.15) is 0 Å². The van der Waals surface area contributed by atoms with Crippen molar-refractivity contribution < 1.29 is 9.59 Å². The molecule has 0 radical (unpaired) electrons. The molecule has 1 saturated carbocycles. The van der Waals surface area contributed by atoms with E-state index in [0.29, 0.717) is 30.8 Å². The summed E-state index contributed by atoms with van der Waals surface area (Å²) in [6, 6.07) is 0.328. The van der Waals surface area contributed by atoms with Gasteiger partial charge in [-0.05, 0) is 58.0 Å². The lowest BCUT2D eigenvalue weighted by Gasteiger charge is -2.32. The normalized spacial score (nSPS) is 21.4. The first-order valence-electron chi connectivity index (χ1n) is 10.7. The summed E-state index contributed by atoms with van der Waals surface area (Å²) < 4.78 is 0. The molecule has 26 heavy (non-hydrogen) atoms. The average Bonchev–Trinajstić information content (AvgIpc) is 2.65. The first-order valence-corrected chi connectivity index (χ1v) is 10.7. The number of nitrogens with one attached hydrogen (secondary N) is 3. The van der Waals surface area contributed by atoms with Crippen LogP contribution in [0.25, 0.3) is 0 Å². The summed E-state index contributed by atoms with van der Waals surface area (Å²) >= 11 is 0. The lowest BCUT2D eigenvalue weighted by atomic mass is 9.96. The van der Waals surface area contributed by atoms with Gasteiger partial charge in [0.05, 0.1) is 0 Å². The second-order valence-electron chi connectivity index (χ2n) is 7.95. The van der Waals surface area contributed by atoms with E-state index in [9.17, 15) is 9.59 Å². The first kappa shape index (κ1) is 21.0. The number of amides is 3. The van der Waals surface area contributed by atoms with Crippen molar-refractivity contribution in [1.82, 2.24) is 20.9 Å². The second kappa shape index (κ2) is 12.2. The van der Waals surface area contributed by atoms with Gasteiger partial charge in [0.1, 0.15) is 0 Å². The highest BCUT2D eigenvalue weighted by atomic mass is 16.2. The van der Waals surface area contributed by atoms with Gasteiger partial charge in [0.25, 0.3) is 0 Å². The molecule has 1 aliphatic carbocycles. The van der Waals surface area contributed by atoms with Gasteiger partial charge in [-0.15, -0.1) is 0 Å². The van der Waals surface area contributed by atoms with Gasteiger partial charge in [0.15, 0.2) is 0 Å². The van der Waals surface area contributed by atoms with Crippen LogP contribution in [-0.2, 0) is 4.79 Å². The minimum atomic E-state index is -0.0307. The van der Waals surface area contributed by atoms with Gasteiger partial charge in [0.2, 0.25) is 5.91 Å². The van der Waals surface area contributed by atoms with Crippen molar-refractivity contribution in [3.63, 3.8) is 0 Å². The summed E-state index contributed by atoms with van der Waals surface area (Å²) in [4.78, 5) is 26.2. The molecule has 2 aliphatic rings. The molecular weight excluding hydrogens is 328 g/mol. The molecule has 1 aliphatic heterocycles. The lowest BCUT2D eigenvalue weighted by molar-refractivity contribution is -0.133. The average molecular weight is 367 g/mol. The fourth-order valence-corrected chi connectivity index (χ4v) is 4.17. The van der Waals surface area contributed by atoms with Crippen molar-refractivity contribution in [1.29, 1.82) is 0 Å². The van der Waals surface area contributed by atoms with E-state index in [2.05, 4.69) is 16.0 Å². The molecule has 6 heteroatoms. The largest absolute Gasteiger partial charge is 0.342 e. The van der Waals surface area contributed by atoms with Crippen LogP contribution in [0.3, 0.4) is 0 Å². The number of urea groups is 1. The smallest absolute Gasteiger partial charge is 0.315 e. The van der Waals surface area contributed by atoms with Crippen LogP contribution < -0.4 is 16.0 Å². The van der Waals surface area contributed by atoms with Gasteiger partial charge >= 0.3 is 6.03 Å². The van der Waals surface area contributed by atoms with Crippen molar-refractivity contribution in [2.45, 2.75) is 76.7 Å². The minimum Gasteiger partial charge on any atom is -0.342 e. The van der Waals surface area contributed by atoms with Gasteiger partial charge in [-0.1, -0.05) is 25.7 Å². The molecule has 1 atom stereocenters. The third-order valence-corrected chi connectivity index (χ3v) is 5.66. The number of rotatable bonds is 9. The van der Waals surface area contributed by atoms with E-state index in [1.165, 1.54) is 25.7 Å². The predicted octanol–water partition coefficient (Wildman–Crippen LogP) is 2.64. The van der Waals surface area contributed by atoms with E-state index >= 15 is 0 Å². The molecule has 3 amide bonds. The van der Waals surface area contributed by atoms with Crippen LogP contribution in [0, 0.1) is 5.92 Å².